The Kier molecular flexibility index (Phi) is 9.99. The van der Waals surface area contributed by atoms with E-state index in [0.717, 1.165) is 6.54 Å². The summed E-state index contributed by atoms with van der Waals surface area (Å²) in [6, 6.07) is 3.60. The zero-order valence-electron chi connectivity index (χ0n) is 25.4. The molecule has 44 heavy (non-hydrogen) atoms. The monoisotopic (exact) mass is 644 g/mol. The van der Waals surface area contributed by atoms with Crippen molar-refractivity contribution >= 4 is 46.1 Å². The first kappa shape index (κ1) is 32.0. The van der Waals surface area contributed by atoms with E-state index in [1.165, 1.54) is 20.3 Å². The number of amides is 1. The molecular weight excluding hydrogens is 607 g/mol. The van der Waals surface area contributed by atoms with Crippen molar-refractivity contribution < 1.29 is 19.0 Å². The minimum Gasteiger partial charge on any atom is -0.495 e. The van der Waals surface area contributed by atoms with E-state index in [0.29, 0.717) is 91.3 Å². The summed E-state index contributed by atoms with van der Waals surface area (Å²) < 4.78 is 17.9. The molecule has 0 spiro atoms. The number of hydrogen-bond donors (Lipinski definition) is 1. The summed E-state index contributed by atoms with van der Waals surface area (Å²) >= 11 is 13.5. The highest BCUT2D eigenvalue weighted by molar-refractivity contribution is 6.41. The average molecular weight is 646 g/mol. The van der Waals surface area contributed by atoms with Crippen molar-refractivity contribution in [1.82, 2.24) is 24.3 Å². The molecule has 11 nitrogen and oxygen atoms in total. The standard InChI is InChI=1S/C31H38Cl2N6O5/c1-6-25(40)37-14-18(2)38(19(3)15-37)8-7-9-39-29-21(13-35-31(36-29)34-12-20-16-44-17-20)10-22(30(39)41)26-27(32)23(42-4)11-24(43-5)28(26)33/h6,10-11,13,18-20H,1,7-9,12,14-17H2,2-5H3,(H,34,35,36). The fourth-order valence-electron chi connectivity index (χ4n) is 5.91. The molecule has 2 fully saturated rings. The van der Waals surface area contributed by atoms with E-state index in [9.17, 15) is 9.59 Å². The molecule has 2 atom stereocenters. The van der Waals surface area contributed by atoms with E-state index in [1.54, 1.807) is 22.9 Å². The van der Waals surface area contributed by atoms with Crippen LogP contribution >= 0.6 is 23.2 Å². The number of anilines is 1. The van der Waals surface area contributed by atoms with Crippen LogP contribution in [0.4, 0.5) is 5.95 Å². The van der Waals surface area contributed by atoms with Gasteiger partial charge in [-0.2, -0.15) is 4.98 Å². The van der Waals surface area contributed by atoms with Gasteiger partial charge in [0.05, 0.1) is 43.0 Å². The van der Waals surface area contributed by atoms with Gasteiger partial charge in [-0.25, -0.2) is 4.98 Å². The molecule has 1 N–H and O–H groups in total. The number of hydrogen-bond acceptors (Lipinski definition) is 9. The molecule has 2 saturated heterocycles. The lowest BCUT2D eigenvalue weighted by molar-refractivity contribution is -0.130. The first-order chi connectivity index (χ1) is 21.2. The number of carbonyl (C=O) groups is 1. The highest BCUT2D eigenvalue weighted by Crippen LogP contribution is 2.45. The quantitative estimate of drug-likeness (QED) is 0.305. The number of benzene rings is 1. The van der Waals surface area contributed by atoms with E-state index in [4.69, 9.17) is 42.4 Å². The summed E-state index contributed by atoms with van der Waals surface area (Å²) in [6.45, 7) is 12.3. The molecular formula is C31H38Cl2N6O5. The third kappa shape index (κ3) is 6.37. The zero-order chi connectivity index (χ0) is 31.5. The normalized spacial score (nSPS) is 19.1. The maximum atomic E-state index is 14.3. The SMILES string of the molecule is C=CC(=O)N1CC(C)N(CCCn2c(=O)c(-c3c(Cl)c(OC)cc(OC)c3Cl)cc3cnc(NCC4COC4)nc32)C(C)C1. The molecule has 0 bridgehead atoms. The van der Waals surface area contributed by atoms with Gasteiger partial charge in [0.15, 0.2) is 0 Å². The van der Waals surface area contributed by atoms with Gasteiger partial charge in [-0.3, -0.25) is 19.1 Å². The van der Waals surface area contributed by atoms with Gasteiger partial charge in [-0.1, -0.05) is 29.8 Å². The predicted octanol–water partition coefficient (Wildman–Crippen LogP) is 4.34. The highest BCUT2D eigenvalue weighted by atomic mass is 35.5. The summed E-state index contributed by atoms with van der Waals surface area (Å²) in [7, 11) is 2.98. The molecule has 1 amide bonds. The largest absolute Gasteiger partial charge is 0.495 e. The Hall–Kier alpha value is -3.38. The van der Waals surface area contributed by atoms with Gasteiger partial charge in [0, 0.05) is 73.9 Å². The maximum Gasteiger partial charge on any atom is 0.260 e. The number of carbonyl (C=O) groups excluding carboxylic acids is 1. The first-order valence-corrected chi connectivity index (χ1v) is 15.4. The van der Waals surface area contributed by atoms with E-state index in [1.807, 2.05) is 4.90 Å². The van der Waals surface area contributed by atoms with Crippen LogP contribution in [-0.2, 0) is 16.1 Å². The number of nitrogens with zero attached hydrogens (tertiary/aromatic N) is 5. The summed E-state index contributed by atoms with van der Waals surface area (Å²) in [6.07, 6.45) is 3.72. The molecule has 3 aromatic rings. The van der Waals surface area contributed by atoms with Gasteiger partial charge >= 0.3 is 0 Å². The third-order valence-electron chi connectivity index (χ3n) is 8.31. The number of pyridine rings is 1. The molecule has 13 heteroatoms. The second-order valence-electron chi connectivity index (χ2n) is 11.3. The fraction of sp³-hybridized carbons (Fsp3) is 0.484. The Labute approximate surface area is 266 Å². The summed E-state index contributed by atoms with van der Waals surface area (Å²) in [5.74, 6) is 1.45. The van der Waals surface area contributed by atoms with Crippen LogP contribution in [0, 0.1) is 5.92 Å². The first-order valence-electron chi connectivity index (χ1n) is 14.7. The average Bonchev–Trinajstić information content (AvgIpc) is 2.98. The number of methoxy groups -OCH3 is 2. The Morgan fingerprint density at radius 1 is 1.11 bits per heavy atom. The van der Waals surface area contributed by atoms with Crippen LogP contribution in [0.2, 0.25) is 10.0 Å². The zero-order valence-corrected chi connectivity index (χ0v) is 27.0. The van der Waals surface area contributed by atoms with Crippen molar-refractivity contribution in [3.8, 4) is 22.6 Å². The molecule has 1 aromatic carbocycles. The van der Waals surface area contributed by atoms with Gasteiger partial charge in [0.1, 0.15) is 17.1 Å². The number of rotatable bonds is 11. The summed E-state index contributed by atoms with van der Waals surface area (Å²) in [5.41, 5.74) is 0.823. The van der Waals surface area contributed by atoms with Gasteiger partial charge in [-0.05, 0) is 32.4 Å². The fourth-order valence-corrected chi connectivity index (χ4v) is 6.61. The van der Waals surface area contributed by atoms with Crippen molar-refractivity contribution in [2.75, 3.05) is 58.9 Å². The van der Waals surface area contributed by atoms with Crippen molar-refractivity contribution in [1.29, 1.82) is 0 Å². The second-order valence-corrected chi connectivity index (χ2v) is 12.0. The molecule has 236 valence electrons. The van der Waals surface area contributed by atoms with Crippen LogP contribution in [0.3, 0.4) is 0 Å². The van der Waals surface area contributed by atoms with Crippen molar-refractivity contribution in [2.24, 2.45) is 5.92 Å². The molecule has 0 saturated carbocycles. The number of aromatic nitrogens is 3. The number of nitrogens with one attached hydrogen (secondary N) is 1. The number of fused-ring (bicyclic) bond motifs is 1. The summed E-state index contributed by atoms with van der Waals surface area (Å²) in [5, 5.41) is 4.35. The van der Waals surface area contributed by atoms with Gasteiger partial charge in [0.2, 0.25) is 11.9 Å². The number of aryl methyl sites for hydroxylation is 1. The highest BCUT2D eigenvalue weighted by Gasteiger charge is 2.31. The number of piperazine rings is 1. The lowest BCUT2D eigenvalue weighted by Crippen LogP contribution is -2.58. The molecule has 2 aliphatic rings. The van der Waals surface area contributed by atoms with Crippen LogP contribution in [0.5, 0.6) is 11.5 Å². The van der Waals surface area contributed by atoms with Crippen molar-refractivity contribution in [3.63, 3.8) is 0 Å². The minimum atomic E-state index is -0.295. The molecule has 0 aliphatic carbocycles. The van der Waals surface area contributed by atoms with Gasteiger partial charge < -0.3 is 24.4 Å². The Bertz CT molecular complexity index is 1570. The van der Waals surface area contributed by atoms with E-state index in [-0.39, 0.29) is 33.6 Å². The van der Waals surface area contributed by atoms with Crippen LogP contribution in [0.25, 0.3) is 22.2 Å². The van der Waals surface area contributed by atoms with E-state index < -0.39 is 0 Å². The lowest BCUT2D eigenvalue weighted by atomic mass is 10.0. The molecule has 2 unspecified atom stereocenters. The number of ether oxygens (including phenoxy) is 3. The molecule has 2 aromatic heterocycles. The van der Waals surface area contributed by atoms with Crippen LogP contribution in [-0.4, -0.2) is 95.9 Å². The topological polar surface area (TPSA) is 111 Å². The van der Waals surface area contributed by atoms with Gasteiger partial charge in [-0.15, -0.1) is 0 Å². The maximum absolute atomic E-state index is 14.3. The molecule has 5 rings (SSSR count). The minimum absolute atomic E-state index is 0.0568. The van der Waals surface area contributed by atoms with E-state index >= 15 is 0 Å². The van der Waals surface area contributed by atoms with Crippen molar-refractivity contribution in [2.45, 2.75) is 38.9 Å². The lowest BCUT2D eigenvalue weighted by Gasteiger charge is -2.44. The van der Waals surface area contributed by atoms with Crippen LogP contribution in [0.1, 0.15) is 20.3 Å². The smallest absolute Gasteiger partial charge is 0.260 e. The Morgan fingerprint density at radius 2 is 1.77 bits per heavy atom. The number of halogens is 2. The van der Waals surface area contributed by atoms with Crippen LogP contribution < -0.4 is 20.3 Å². The predicted molar refractivity (Wildman–Crippen MR) is 172 cm³/mol. The second kappa shape index (κ2) is 13.7. The van der Waals surface area contributed by atoms with Crippen LogP contribution in [0.15, 0.2) is 35.8 Å². The van der Waals surface area contributed by atoms with Crippen molar-refractivity contribution in [3.05, 3.63) is 51.4 Å². The summed E-state index contributed by atoms with van der Waals surface area (Å²) in [4.78, 5) is 40.0. The molecule has 0 radical (unpaired) electrons. The molecule has 4 heterocycles. The van der Waals surface area contributed by atoms with Gasteiger partial charge in [0.25, 0.3) is 5.56 Å². The van der Waals surface area contributed by atoms with E-state index in [2.05, 4.69) is 35.6 Å². The Morgan fingerprint density at radius 3 is 2.34 bits per heavy atom. The Balaban J connectivity index is 1.51. The third-order valence-corrected chi connectivity index (χ3v) is 9.06. The molecule has 2 aliphatic heterocycles.